The maximum atomic E-state index is 2.69. The fourth-order valence-corrected chi connectivity index (χ4v) is 17.3. The van der Waals surface area contributed by atoms with Crippen LogP contribution >= 0.6 is 0 Å². The van der Waals surface area contributed by atoms with Crippen molar-refractivity contribution in [2.75, 3.05) is 0 Å². The summed E-state index contributed by atoms with van der Waals surface area (Å²) in [5, 5.41) is 0. The molecule has 0 nitrogen and oxygen atoms in total. The van der Waals surface area contributed by atoms with E-state index in [0.29, 0.717) is 0 Å². The van der Waals surface area contributed by atoms with Crippen LogP contribution in [0.2, 0.25) is 22.7 Å². The highest BCUT2D eigenvalue weighted by Gasteiger charge is 2.56. The molecule has 30 heavy (non-hydrogen) atoms. The van der Waals surface area contributed by atoms with Crippen molar-refractivity contribution in [3.8, 4) is 0 Å². The molecule has 170 valence electrons. The smallest absolute Gasteiger partial charge is 0.0635 e. The molecule has 4 aliphatic rings. The first-order valence-electron chi connectivity index (χ1n) is 14.2. The second-order valence-corrected chi connectivity index (χ2v) is 16.6. The molecule has 0 aromatic heterocycles. The molecule has 0 bridgehead atoms. The normalized spacial score (nSPS) is 31.8. The fraction of sp³-hybridized carbons (Fsp3) is 0.862. The third-order valence-corrected chi connectivity index (χ3v) is 17.4. The van der Waals surface area contributed by atoms with Gasteiger partial charge in [-0.3, -0.25) is 0 Å². The van der Waals surface area contributed by atoms with Crippen LogP contribution in [0.1, 0.15) is 122 Å². The third-order valence-electron chi connectivity index (χ3n) is 9.96. The van der Waals surface area contributed by atoms with Crippen LogP contribution in [0.4, 0.5) is 0 Å². The maximum Gasteiger partial charge on any atom is 0.0635 e. The average Bonchev–Trinajstić information content (AvgIpc) is 3.48. The molecule has 0 heterocycles. The molecule has 0 aliphatic heterocycles. The fourth-order valence-electron chi connectivity index (χ4n) is 8.61. The van der Waals surface area contributed by atoms with Gasteiger partial charge in [-0.2, -0.15) is 0 Å². The summed E-state index contributed by atoms with van der Waals surface area (Å²) >= 11 is 0. The van der Waals surface area contributed by atoms with E-state index < -0.39 is 8.07 Å². The topological polar surface area (TPSA) is 0 Å². The first-order chi connectivity index (χ1) is 14.9. The van der Waals surface area contributed by atoms with Crippen molar-refractivity contribution in [3.63, 3.8) is 0 Å². The summed E-state index contributed by atoms with van der Waals surface area (Å²) in [5.74, 6) is 1.82. The molecule has 0 radical (unpaired) electrons. The summed E-state index contributed by atoms with van der Waals surface area (Å²) in [6.45, 7) is 2.34. The van der Waals surface area contributed by atoms with Crippen molar-refractivity contribution < 1.29 is 0 Å². The quantitative estimate of drug-likeness (QED) is 0.228. The van der Waals surface area contributed by atoms with Crippen LogP contribution in [0, 0.1) is 11.8 Å². The van der Waals surface area contributed by atoms with Crippen molar-refractivity contribution in [1.29, 1.82) is 0 Å². The van der Waals surface area contributed by atoms with Gasteiger partial charge in [0.15, 0.2) is 0 Å². The monoisotopic (exact) mass is 426 g/mol. The van der Waals surface area contributed by atoms with Crippen molar-refractivity contribution in [3.05, 3.63) is 24.3 Å². The molecule has 4 atom stereocenters. The summed E-state index contributed by atoms with van der Waals surface area (Å²) in [5.41, 5.74) is 3.48. The van der Waals surface area contributed by atoms with Gasteiger partial charge in [-0.25, -0.2) is 0 Å². The van der Waals surface area contributed by atoms with Crippen LogP contribution in [0.25, 0.3) is 0 Å². The van der Waals surface area contributed by atoms with Gasteiger partial charge in [-0.05, 0) is 34.9 Å². The van der Waals surface area contributed by atoms with Gasteiger partial charge in [-0.1, -0.05) is 146 Å². The zero-order valence-corrected chi connectivity index (χ0v) is 21.1. The molecule has 4 rings (SSSR count). The van der Waals surface area contributed by atoms with Gasteiger partial charge in [0.25, 0.3) is 0 Å². The number of unbranched alkanes of at least 4 members (excludes halogenated alkanes) is 6. The first-order valence-corrected chi connectivity index (χ1v) is 16.6. The Bertz CT molecular complexity index is 551. The number of rotatable bonds is 11. The highest BCUT2D eigenvalue weighted by molar-refractivity contribution is 6.84. The molecule has 0 amide bonds. The standard InChI is InChI=1S/C29H50Si/c1-2-3-4-5-6-7-15-24-30(27-19-12-13-20-27,26-17-9-8-10-18-26)29-23-22-25-16-11-14-21-28(25)29/h11,14,16,21,25-29H,2-10,12-13,15,17-20,22-24H2,1H3/t25?,28?,29?,30-/m1/s1. The number of allylic oxidation sites excluding steroid dienone is 4. The van der Waals surface area contributed by atoms with Crippen LogP contribution in [0.3, 0.4) is 0 Å². The van der Waals surface area contributed by atoms with E-state index >= 15 is 0 Å². The van der Waals surface area contributed by atoms with E-state index in [1.165, 1.54) is 62.4 Å². The molecule has 1 heteroatoms. The molecule has 0 spiro atoms. The molecule has 3 fully saturated rings. The second-order valence-electron chi connectivity index (χ2n) is 11.5. The summed E-state index contributed by atoms with van der Waals surface area (Å²) < 4.78 is 0. The Hall–Kier alpha value is -0.303. The summed E-state index contributed by atoms with van der Waals surface area (Å²) in [4.78, 5) is 0. The second kappa shape index (κ2) is 11.5. The van der Waals surface area contributed by atoms with Crippen molar-refractivity contribution in [1.82, 2.24) is 0 Å². The highest BCUT2D eigenvalue weighted by atomic mass is 28.3. The molecule has 0 aromatic carbocycles. The van der Waals surface area contributed by atoms with Gasteiger partial charge in [0, 0.05) is 0 Å². The predicted octanol–water partition coefficient (Wildman–Crippen LogP) is 9.99. The lowest BCUT2D eigenvalue weighted by Gasteiger charge is -2.52. The zero-order valence-electron chi connectivity index (χ0n) is 20.1. The molecule has 3 saturated carbocycles. The largest absolute Gasteiger partial charge is 0.0808 e. The van der Waals surface area contributed by atoms with Gasteiger partial charge in [0.05, 0.1) is 8.07 Å². The average molecular weight is 427 g/mol. The van der Waals surface area contributed by atoms with Crippen LogP contribution in [0.15, 0.2) is 24.3 Å². The third kappa shape index (κ3) is 5.02. The van der Waals surface area contributed by atoms with E-state index in [0.717, 1.165) is 17.4 Å². The van der Waals surface area contributed by atoms with Gasteiger partial charge in [0.2, 0.25) is 0 Å². The molecular formula is C29H50Si. The zero-order chi connectivity index (χ0) is 20.7. The van der Waals surface area contributed by atoms with Crippen LogP contribution in [-0.4, -0.2) is 8.07 Å². The van der Waals surface area contributed by atoms with Gasteiger partial charge in [-0.15, -0.1) is 0 Å². The van der Waals surface area contributed by atoms with Crippen LogP contribution < -0.4 is 0 Å². The van der Waals surface area contributed by atoms with Gasteiger partial charge >= 0.3 is 0 Å². The minimum atomic E-state index is -1.30. The lowest BCUT2D eigenvalue weighted by atomic mass is 9.92. The molecule has 0 saturated heterocycles. The minimum absolute atomic E-state index is 0.894. The van der Waals surface area contributed by atoms with Gasteiger partial charge in [0.1, 0.15) is 0 Å². The van der Waals surface area contributed by atoms with E-state index in [1.807, 2.05) is 0 Å². The SMILES string of the molecule is CCCCCCCCC[Si@@](C1CCCCC1)(C1CCCC1)C1CCC2C=CC=CC21. The molecule has 3 unspecified atom stereocenters. The summed E-state index contributed by atoms with van der Waals surface area (Å²) in [6, 6.07) is 1.71. The Morgan fingerprint density at radius 1 is 0.633 bits per heavy atom. The summed E-state index contributed by atoms with van der Waals surface area (Å²) in [6.07, 6.45) is 37.8. The molecule has 0 aromatic rings. The van der Waals surface area contributed by atoms with Crippen molar-refractivity contribution >= 4 is 8.07 Å². The van der Waals surface area contributed by atoms with Crippen molar-refractivity contribution in [2.45, 2.75) is 145 Å². The van der Waals surface area contributed by atoms with Crippen molar-refractivity contribution in [2.24, 2.45) is 11.8 Å². The molecule has 0 N–H and O–H groups in total. The first kappa shape index (κ1) is 22.9. The van der Waals surface area contributed by atoms with Crippen LogP contribution in [-0.2, 0) is 0 Å². The minimum Gasteiger partial charge on any atom is -0.0808 e. The number of fused-ring (bicyclic) bond motifs is 1. The highest BCUT2D eigenvalue weighted by Crippen LogP contribution is 2.63. The van der Waals surface area contributed by atoms with E-state index in [9.17, 15) is 0 Å². The Balaban J connectivity index is 1.52. The Morgan fingerprint density at radius 2 is 1.23 bits per heavy atom. The van der Waals surface area contributed by atoms with E-state index in [1.54, 1.807) is 70.3 Å². The predicted molar refractivity (Wildman–Crippen MR) is 136 cm³/mol. The molecule has 4 aliphatic carbocycles. The van der Waals surface area contributed by atoms with E-state index in [2.05, 4.69) is 31.2 Å². The lowest BCUT2D eigenvalue weighted by Crippen LogP contribution is -2.50. The molecular weight excluding hydrogens is 376 g/mol. The Labute approximate surface area is 189 Å². The van der Waals surface area contributed by atoms with Crippen LogP contribution in [0.5, 0.6) is 0 Å². The van der Waals surface area contributed by atoms with E-state index in [-0.39, 0.29) is 0 Å². The van der Waals surface area contributed by atoms with Gasteiger partial charge < -0.3 is 0 Å². The Morgan fingerprint density at radius 3 is 1.93 bits per heavy atom. The van der Waals surface area contributed by atoms with E-state index in [4.69, 9.17) is 0 Å². The number of hydrogen-bond acceptors (Lipinski definition) is 0. The lowest BCUT2D eigenvalue weighted by molar-refractivity contribution is 0.458. The number of hydrogen-bond donors (Lipinski definition) is 0. The Kier molecular flexibility index (Phi) is 8.79. The summed E-state index contributed by atoms with van der Waals surface area (Å²) in [7, 11) is -1.30. The maximum absolute atomic E-state index is 2.69.